The van der Waals surface area contributed by atoms with Gasteiger partial charge in [-0.1, -0.05) is 42.5 Å². The third-order valence-electron chi connectivity index (χ3n) is 5.46. The highest BCUT2D eigenvalue weighted by Crippen LogP contribution is 2.32. The molecule has 2 aromatic heterocycles. The summed E-state index contributed by atoms with van der Waals surface area (Å²) in [6.45, 7) is 2.53. The average molecular weight is 384 g/mol. The zero-order chi connectivity index (χ0) is 20.0. The second kappa shape index (κ2) is 6.74. The van der Waals surface area contributed by atoms with E-state index in [2.05, 4.69) is 5.10 Å². The van der Waals surface area contributed by atoms with Crippen LogP contribution in [0.1, 0.15) is 23.6 Å². The van der Waals surface area contributed by atoms with Gasteiger partial charge in [-0.3, -0.25) is 14.7 Å². The molecule has 0 saturated carbocycles. The molecule has 0 aliphatic carbocycles. The summed E-state index contributed by atoms with van der Waals surface area (Å²) in [5, 5.41) is 2.99. The minimum atomic E-state index is -0.173. The van der Waals surface area contributed by atoms with Gasteiger partial charge in [0, 0.05) is 42.4 Å². The van der Waals surface area contributed by atoms with Crippen molar-refractivity contribution in [1.82, 2.24) is 14.6 Å². The minimum Gasteiger partial charge on any atom is -0.312 e. The first kappa shape index (κ1) is 17.4. The van der Waals surface area contributed by atoms with Crippen molar-refractivity contribution in [2.45, 2.75) is 19.3 Å². The summed E-state index contributed by atoms with van der Waals surface area (Å²) in [5.74, 6) is -0.0563. The Morgan fingerprint density at radius 2 is 1.86 bits per heavy atom. The molecule has 6 heteroatoms. The Bertz CT molecular complexity index is 1270. The Hall–Kier alpha value is -3.67. The van der Waals surface area contributed by atoms with E-state index in [9.17, 15) is 9.59 Å². The van der Waals surface area contributed by atoms with Crippen LogP contribution in [-0.4, -0.2) is 27.0 Å². The summed E-state index contributed by atoms with van der Waals surface area (Å²) >= 11 is 0. The number of rotatable bonds is 3. The molecule has 144 valence electrons. The number of aryl methyl sites for hydroxylation is 1. The van der Waals surface area contributed by atoms with Crippen LogP contribution in [-0.2, 0) is 4.79 Å². The van der Waals surface area contributed by atoms with Gasteiger partial charge < -0.3 is 4.90 Å². The maximum atomic E-state index is 12.7. The number of carbonyl (C=O) groups is 1. The number of amides is 1. The van der Waals surface area contributed by atoms with Gasteiger partial charge in [-0.15, -0.1) is 0 Å². The Morgan fingerprint density at radius 3 is 2.66 bits per heavy atom. The van der Waals surface area contributed by atoms with Gasteiger partial charge in [0.05, 0.1) is 5.69 Å². The molecule has 0 spiro atoms. The van der Waals surface area contributed by atoms with Crippen molar-refractivity contribution in [2.75, 3.05) is 11.4 Å². The molecule has 1 amide bonds. The largest absolute Gasteiger partial charge is 0.312 e. The van der Waals surface area contributed by atoms with Gasteiger partial charge in [0.15, 0.2) is 5.65 Å². The molecule has 1 fully saturated rings. The fraction of sp³-hybridized carbons (Fsp3) is 0.174. The summed E-state index contributed by atoms with van der Waals surface area (Å²) < 4.78 is 1.45. The maximum Gasteiger partial charge on any atom is 0.272 e. The molecule has 2 aromatic carbocycles. The molecule has 0 radical (unpaired) electrons. The smallest absolute Gasteiger partial charge is 0.272 e. The zero-order valence-electron chi connectivity index (χ0n) is 16.0. The van der Waals surface area contributed by atoms with Crippen molar-refractivity contribution in [3.8, 4) is 11.1 Å². The molecule has 29 heavy (non-hydrogen) atoms. The van der Waals surface area contributed by atoms with Crippen LogP contribution in [0.15, 0.2) is 71.7 Å². The van der Waals surface area contributed by atoms with Crippen LogP contribution in [0.5, 0.6) is 0 Å². The SMILES string of the molecule is Cc1cccc(N2CC(c3cc(=O)n4[nH]cc(-c5ccccc5)c4n3)CC2=O)c1. The lowest BCUT2D eigenvalue weighted by Gasteiger charge is -2.17. The predicted octanol–water partition coefficient (Wildman–Crippen LogP) is 3.52. The van der Waals surface area contributed by atoms with E-state index in [1.165, 1.54) is 10.6 Å². The predicted molar refractivity (Wildman–Crippen MR) is 112 cm³/mol. The number of hydrogen-bond acceptors (Lipinski definition) is 3. The fourth-order valence-electron chi connectivity index (χ4n) is 3.99. The first-order valence-electron chi connectivity index (χ1n) is 9.64. The number of hydrogen-bond donors (Lipinski definition) is 1. The van der Waals surface area contributed by atoms with E-state index in [0.29, 0.717) is 24.3 Å². The van der Waals surface area contributed by atoms with E-state index in [4.69, 9.17) is 4.98 Å². The molecule has 0 bridgehead atoms. The van der Waals surface area contributed by atoms with E-state index >= 15 is 0 Å². The van der Waals surface area contributed by atoms with Crippen molar-refractivity contribution in [2.24, 2.45) is 0 Å². The average Bonchev–Trinajstić information content (AvgIpc) is 3.33. The third-order valence-corrected chi connectivity index (χ3v) is 5.46. The number of aromatic amines is 1. The first-order chi connectivity index (χ1) is 14.1. The Morgan fingerprint density at radius 1 is 1.03 bits per heavy atom. The van der Waals surface area contributed by atoms with Gasteiger partial charge in [-0.25, -0.2) is 9.50 Å². The summed E-state index contributed by atoms with van der Waals surface area (Å²) in [6.07, 6.45) is 2.14. The summed E-state index contributed by atoms with van der Waals surface area (Å²) in [6, 6.07) is 19.3. The van der Waals surface area contributed by atoms with Gasteiger partial charge in [-0.05, 0) is 30.2 Å². The number of anilines is 1. The molecule has 5 rings (SSSR count). The van der Waals surface area contributed by atoms with E-state index in [0.717, 1.165) is 22.4 Å². The van der Waals surface area contributed by atoms with Gasteiger partial charge in [0.25, 0.3) is 5.56 Å². The lowest BCUT2D eigenvalue weighted by atomic mass is 10.0. The zero-order valence-corrected chi connectivity index (χ0v) is 16.0. The normalized spacial score (nSPS) is 16.7. The highest BCUT2D eigenvalue weighted by Gasteiger charge is 2.33. The Balaban J connectivity index is 1.54. The monoisotopic (exact) mass is 384 g/mol. The van der Waals surface area contributed by atoms with E-state index in [1.807, 2.05) is 61.5 Å². The molecule has 1 aliphatic rings. The molecule has 1 saturated heterocycles. The number of aromatic nitrogens is 3. The molecular formula is C23H20N4O2. The highest BCUT2D eigenvalue weighted by molar-refractivity contribution is 5.96. The Labute approximate surface area is 167 Å². The van der Waals surface area contributed by atoms with Crippen molar-refractivity contribution >= 4 is 17.2 Å². The summed E-state index contributed by atoms with van der Waals surface area (Å²) in [7, 11) is 0. The Kier molecular flexibility index (Phi) is 4.05. The van der Waals surface area contributed by atoms with Crippen LogP contribution in [0.25, 0.3) is 16.8 Å². The van der Waals surface area contributed by atoms with Crippen LogP contribution in [0.3, 0.4) is 0 Å². The molecular weight excluding hydrogens is 364 g/mol. The van der Waals surface area contributed by atoms with Crippen LogP contribution >= 0.6 is 0 Å². The highest BCUT2D eigenvalue weighted by atomic mass is 16.2. The topological polar surface area (TPSA) is 70.5 Å². The van der Waals surface area contributed by atoms with Gasteiger partial charge >= 0.3 is 0 Å². The van der Waals surface area contributed by atoms with Crippen molar-refractivity contribution < 1.29 is 4.79 Å². The standard InChI is InChI=1S/C23H20N4O2/c1-15-6-5-9-18(10-15)26-14-17(11-21(26)28)20-12-22(29)27-23(25-20)19(13-24-27)16-7-3-2-4-8-16/h2-10,12-13,17,24H,11,14H2,1H3. The second-order valence-corrected chi connectivity index (χ2v) is 7.48. The van der Waals surface area contributed by atoms with Crippen molar-refractivity contribution in [3.63, 3.8) is 0 Å². The van der Waals surface area contributed by atoms with Crippen LogP contribution in [0.4, 0.5) is 5.69 Å². The number of fused-ring (bicyclic) bond motifs is 1. The molecule has 1 aliphatic heterocycles. The van der Waals surface area contributed by atoms with Crippen LogP contribution < -0.4 is 10.5 Å². The quantitative estimate of drug-likeness (QED) is 0.588. The lowest BCUT2D eigenvalue weighted by Crippen LogP contribution is -2.24. The van der Waals surface area contributed by atoms with E-state index in [-0.39, 0.29) is 17.4 Å². The number of benzene rings is 2. The van der Waals surface area contributed by atoms with E-state index < -0.39 is 0 Å². The number of carbonyl (C=O) groups excluding carboxylic acids is 1. The maximum absolute atomic E-state index is 12.7. The van der Waals surface area contributed by atoms with Crippen molar-refractivity contribution in [1.29, 1.82) is 0 Å². The molecule has 1 atom stereocenters. The third kappa shape index (κ3) is 3.02. The summed E-state index contributed by atoms with van der Waals surface area (Å²) in [4.78, 5) is 31.9. The molecule has 6 nitrogen and oxygen atoms in total. The van der Waals surface area contributed by atoms with Crippen LogP contribution in [0, 0.1) is 6.92 Å². The van der Waals surface area contributed by atoms with Gasteiger partial charge in [-0.2, -0.15) is 0 Å². The van der Waals surface area contributed by atoms with E-state index in [1.54, 1.807) is 11.1 Å². The van der Waals surface area contributed by atoms with Crippen LogP contribution in [0.2, 0.25) is 0 Å². The minimum absolute atomic E-state index is 0.0555. The lowest BCUT2D eigenvalue weighted by molar-refractivity contribution is -0.117. The first-order valence-corrected chi connectivity index (χ1v) is 9.64. The van der Waals surface area contributed by atoms with Gasteiger partial charge in [0.1, 0.15) is 0 Å². The molecule has 3 heterocycles. The number of nitrogens with one attached hydrogen (secondary N) is 1. The summed E-state index contributed by atoms with van der Waals surface area (Å²) in [5.41, 5.74) is 4.92. The second-order valence-electron chi connectivity index (χ2n) is 7.48. The number of nitrogens with zero attached hydrogens (tertiary/aromatic N) is 3. The van der Waals surface area contributed by atoms with Gasteiger partial charge in [0.2, 0.25) is 5.91 Å². The number of H-pyrrole nitrogens is 1. The molecule has 1 N–H and O–H groups in total. The molecule has 4 aromatic rings. The van der Waals surface area contributed by atoms with Crippen molar-refractivity contribution in [3.05, 3.63) is 88.5 Å². The fourth-order valence-corrected chi connectivity index (χ4v) is 3.99. The molecule has 1 unspecified atom stereocenters.